The van der Waals surface area contributed by atoms with Crippen molar-refractivity contribution in [3.05, 3.63) is 17.3 Å². The highest BCUT2D eigenvalue weighted by Crippen LogP contribution is 2.39. The molecule has 0 aromatic carbocycles. The van der Waals surface area contributed by atoms with Crippen molar-refractivity contribution in [2.24, 2.45) is 0 Å². The monoisotopic (exact) mass is 333 g/mol. The summed E-state index contributed by atoms with van der Waals surface area (Å²) >= 11 is 0. The van der Waals surface area contributed by atoms with Crippen molar-refractivity contribution in [1.82, 2.24) is 4.98 Å². The van der Waals surface area contributed by atoms with Crippen LogP contribution in [0.4, 0.5) is 26.3 Å². The summed E-state index contributed by atoms with van der Waals surface area (Å²) in [6.45, 7) is 1.09. The van der Waals surface area contributed by atoms with Crippen molar-refractivity contribution >= 4 is 5.97 Å². The van der Waals surface area contributed by atoms with Crippen molar-refractivity contribution in [1.29, 1.82) is 0 Å². The number of pyridine rings is 1. The first-order valence-electron chi connectivity index (χ1n) is 5.58. The Morgan fingerprint density at radius 3 is 2.23 bits per heavy atom. The average molecular weight is 333 g/mol. The number of carbonyl (C=O) groups excluding carboxylic acids is 1. The number of esters is 1. The van der Waals surface area contributed by atoms with Crippen LogP contribution in [-0.4, -0.2) is 31.0 Å². The van der Waals surface area contributed by atoms with E-state index in [1.54, 1.807) is 0 Å². The number of halogens is 6. The molecule has 11 heteroatoms. The van der Waals surface area contributed by atoms with Crippen molar-refractivity contribution in [3.63, 3.8) is 0 Å². The molecular weight excluding hydrogens is 324 g/mol. The molecule has 1 aromatic rings. The van der Waals surface area contributed by atoms with Gasteiger partial charge < -0.3 is 14.2 Å². The van der Waals surface area contributed by atoms with Crippen molar-refractivity contribution < 1.29 is 45.3 Å². The molecule has 0 N–H and O–H groups in total. The first-order chi connectivity index (χ1) is 9.99. The van der Waals surface area contributed by atoms with Crippen molar-refractivity contribution in [2.75, 3.05) is 13.7 Å². The Bertz CT molecular complexity index is 555. The Kier molecular flexibility index (Phi) is 5.09. The molecule has 0 atom stereocenters. The van der Waals surface area contributed by atoms with Crippen molar-refractivity contribution in [2.45, 2.75) is 19.5 Å². The molecule has 0 amide bonds. The van der Waals surface area contributed by atoms with Gasteiger partial charge in [0.05, 0.1) is 19.3 Å². The lowest BCUT2D eigenvalue weighted by Crippen LogP contribution is -2.21. The van der Waals surface area contributed by atoms with E-state index in [-0.39, 0.29) is 12.7 Å². The predicted molar refractivity (Wildman–Crippen MR) is 58.4 cm³/mol. The van der Waals surface area contributed by atoms with Gasteiger partial charge in [-0.3, -0.25) is 0 Å². The molecule has 0 saturated carbocycles. The maximum absolute atomic E-state index is 12.9. The molecule has 1 heterocycles. The number of hydrogen-bond donors (Lipinski definition) is 0. The number of nitrogens with zero attached hydrogens (tertiary/aromatic N) is 1. The fourth-order valence-corrected chi connectivity index (χ4v) is 1.39. The van der Waals surface area contributed by atoms with Crippen molar-refractivity contribution in [3.8, 4) is 11.6 Å². The third kappa shape index (κ3) is 4.40. The number of alkyl halides is 6. The maximum atomic E-state index is 12.9. The molecule has 22 heavy (non-hydrogen) atoms. The number of ether oxygens (including phenoxy) is 3. The van der Waals surface area contributed by atoms with Gasteiger partial charge in [-0.05, 0) is 6.92 Å². The topological polar surface area (TPSA) is 57.7 Å². The van der Waals surface area contributed by atoms with E-state index in [9.17, 15) is 31.1 Å². The summed E-state index contributed by atoms with van der Waals surface area (Å²) in [4.78, 5) is 14.6. The van der Waals surface area contributed by atoms with Gasteiger partial charge in [0.1, 0.15) is 0 Å². The van der Waals surface area contributed by atoms with Gasteiger partial charge in [-0.1, -0.05) is 0 Å². The van der Waals surface area contributed by atoms with Crippen LogP contribution in [0, 0.1) is 0 Å². The second-order valence-electron chi connectivity index (χ2n) is 3.66. The molecular formula is C11H9F6NO4. The Labute approximate surface area is 119 Å². The number of aromatic nitrogens is 1. The fraction of sp³-hybridized carbons (Fsp3) is 0.455. The SMILES string of the molecule is CCOC(=O)c1nc(OC)c(OC(F)(F)F)cc1C(F)(F)F. The van der Waals surface area contributed by atoms with Crippen LogP contribution in [-0.2, 0) is 10.9 Å². The first kappa shape index (κ1) is 17.9. The number of methoxy groups -OCH3 is 1. The third-order valence-corrected chi connectivity index (χ3v) is 2.15. The van der Waals surface area contributed by atoms with Crippen LogP contribution in [0.5, 0.6) is 11.6 Å². The quantitative estimate of drug-likeness (QED) is 0.626. The first-order valence-corrected chi connectivity index (χ1v) is 5.58. The van der Waals surface area contributed by atoms with Gasteiger partial charge in [0, 0.05) is 6.07 Å². The zero-order valence-corrected chi connectivity index (χ0v) is 11.1. The molecule has 0 unspecified atom stereocenters. The molecule has 0 radical (unpaired) electrons. The third-order valence-electron chi connectivity index (χ3n) is 2.15. The lowest BCUT2D eigenvalue weighted by molar-refractivity contribution is -0.275. The number of hydrogen-bond acceptors (Lipinski definition) is 5. The summed E-state index contributed by atoms with van der Waals surface area (Å²) in [5.74, 6) is -3.71. The minimum absolute atomic E-state index is 0.0222. The van der Waals surface area contributed by atoms with Gasteiger partial charge in [0.2, 0.25) is 0 Å². The van der Waals surface area contributed by atoms with Gasteiger partial charge in [-0.15, -0.1) is 13.2 Å². The Morgan fingerprint density at radius 1 is 1.23 bits per heavy atom. The van der Waals surface area contributed by atoms with E-state index in [1.807, 2.05) is 0 Å². The second kappa shape index (κ2) is 6.28. The number of rotatable bonds is 4. The molecule has 124 valence electrons. The summed E-state index contributed by atoms with van der Waals surface area (Å²) in [6.07, 6.45) is -10.4. The van der Waals surface area contributed by atoms with Crippen LogP contribution in [0.2, 0.25) is 0 Å². The summed E-state index contributed by atoms with van der Waals surface area (Å²) in [6, 6.07) is -0.0222. The second-order valence-corrected chi connectivity index (χ2v) is 3.66. The molecule has 1 rings (SSSR count). The van der Waals surface area contributed by atoms with E-state index in [1.165, 1.54) is 6.92 Å². The molecule has 0 aliphatic carbocycles. The molecule has 0 aliphatic heterocycles. The van der Waals surface area contributed by atoms with Gasteiger partial charge in [0.25, 0.3) is 5.88 Å². The van der Waals surface area contributed by atoms with Crippen LogP contribution in [0.25, 0.3) is 0 Å². The van der Waals surface area contributed by atoms with Crippen LogP contribution < -0.4 is 9.47 Å². The summed E-state index contributed by atoms with van der Waals surface area (Å²) < 4.78 is 87.4. The molecule has 0 aliphatic rings. The largest absolute Gasteiger partial charge is 0.573 e. The molecule has 1 aromatic heterocycles. The highest BCUT2D eigenvalue weighted by Gasteiger charge is 2.40. The highest BCUT2D eigenvalue weighted by atomic mass is 19.4. The van der Waals surface area contributed by atoms with Gasteiger partial charge in [0.15, 0.2) is 11.4 Å². The van der Waals surface area contributed by atoms with Crippen LogP contribution in [0.15, 0.2) is 6.07 Å². The molecule has 0 saturated heterocycles. The summed E-state index contributed by atoms with van der Waals surface area (Å²) in [5.41, 5.74) is -2.95. The van der Waals surface area contributed by atoms with Gasteiger partial charge >= 0.3 is 18.5 Å². The zero-order chi connectivity index (χ0) is 17.1. The van der Waals surface area contributed by atoms with E-state index in [0.29, 0.717) is 0 Å². The van der Waals surface area contributed by atoms with E-state index >= 15 is 0 Å². The molecule has 0 spiro atoms. The van der Waals surface area contributed by atoms with Gasteiger partial charge in [-0.25, -0.2) is 9.78 Å². The molecule has 0 bridgehead atoms. The summed E-state index contributed by atoms with van der Waals surface area (Å²) in [7, 11) is 0.855. The Balaban J connectivity index is 3.49. The van der Waals surface area contributed by atoms with E-state index in [4.69, 9.17) is 0 Å². The lowest BCUT2D eigenvalue weighted by atomic mass is 10.1. The Hall–Kier alpha value is -2.20. The fourth-order valence-electron chi connectivity index (χ4n) is 1.39. The van der Waals surface area contributed by atoms with E-state index in [2.05, 4.69) is 19.2 Å². The number of carbonyl (C=O) groups is 1. The standard InChI is InChI=1S/C11H9F6NO4/c1-3-21-9(19)7-5(10(12,13)14)4-6(8(18-7)20-2)22-11(15,16)17/h4H,3H2,1-2H3. The predicted octanol–water partition coefficient (Wildman–Crippen LogP) is 3.18. The minimum Gasteiger partial charge on any atom is -0.478 e. The Morgan fingerprint density at radius 2 is 1.82 bits per heavy atom. The van der Waals surface area contributed by atoms with E-state index < -0.39 is 41.4 Å². The lowest BCUT2D eigenvalue weighted by Gasteiger charge is -2.16. The van der Waals surface area contributed by atoms with Crippen LogP contribution in [0.1, 0.15) is 23.0 Å². The maximum Gasteiger partial charge on any atom is 0.573 e. The smallest absolute Gasteiger partial charge is 0.478 e. The van der Waals surface area contributed by atoms with Crippen LogP contribution >= 0.6 is 0 Å². The van der Waals surface area contributed by atoms with Gasteiger partial charge in [-0.2, -0.15) is 13.2 Å². The molecule has 5 nitrogen and oxygen atoms in total. The minimum atomic E-state index is -5.26. The summed E-state index contributed by atoms with van der Waals surface area (Å²) in [5, 5.41) is 0. The van der Waals surface area contributed by atoms with E-state index in [0.717, 1.165) is 7.11 Å². The average Bonchev–Trinajstić information content (AvgIpc) is 2.35. The molecule has 0 fully saturated rings. The normalized spacial score (nSPS) is 12.0. The zero-order valence-electron chi connectivity index (χ0n) is 11.1. The highest BCUT2D eigenvalue weighted by molar-refractivity contribution is 5.89. The van der Waals surface area contributed by atoms with Crippen LogP contribution in [0.3, 0.4) is 0 Å².